The fourth-order valence-electron chi connectivity index (χ4n) is 7.30. The van der Waals surface area contributed by atoms with Crippen LogP contribution in [0.4, 0.5) is 26.3 Å². The molecule has 3 unspecified atom stereocenters. The van der Waals surface area contributed by atoms with E-state index in [0.717, 1.165) is 22.4 Å². The van der Waals surface area contributed by atoms with Crippen molar-refractivity contribution in [1.29, 1.82) is 0 Å². The van der Waals surface area contributed by atoms with Crippen LogP contribution in [0.25, 0.3) is 4.85 Å². The Morgan fingerprint density at radius 1 is 0.859 bits per heavy atom. The van der Waals surface area contributed by atoms with Gasteiger partial charge in [-0.25, -0.2) is 16.0 Å². The lowest BCUT2D eigenvalue weighted by Gasteiger charge is -2.39. The van der Waals surface area contributed by atoms with E-state index < -0.39 is 81.6 Å². The first-order valence-electron chi connectivity index (χ1n) is 20.2. The highest BCUT2D eigenvalue weighted by atomic mass is 31.2. The van der Waals surface area contributed by atoms with E-state index in [2.05, 4.69) is 9.83 Å². The zero-order chi connectivity index (χ0) is 46.8. The third kappa shape index (κ3) is 12.2. The molecule has 0 bridgehead atoms. The highest BCUT2D eigenvalue weighted by molar-refractivity contribution is 7.44. The molecule has 64 heavy (non-hydrogen) atoms. The molecular weight excluding hydrogens is 873 g/mol. The average molecular weight is 925 g/mol. The number of aromatic amines is 1. The van der Waals surface area contributed by atoms with Gasteiger partial charge in [-0.2, -0.15) is 26.3 Å². The first kappa shape index (κ1) is 50.4. The molecule has 0 aliphatic carbocycles. The molecule has 1 fully saturated rings. The average Bonchev–Trinajstić information content (AvgIpc) is 3.56. The molecule has 0 spiro atoms. The summed E-state index contributed by atoms with van der Waals surface area (Å²) < 4.78 is 127. The zero-order valence-electron chi connectivity index (χ0n) is 36.0. The van der Waals surface area contributed by atoms with Gasteiger partial charge in [0.25, 0.3) is 14.1 Å². The Hall–Kier alpha value is -4.64. The van der Waals surface area contributed by atoms with E-state index in [0.29, 0.717) is 22.4 Å². The molecule has 1 aliphatic heterocycles. The molecule has 348 valence electrons. The van der Waals surface area contributed by atoms with Crippen LogP contribution in [0, 0.1) is 19.4 Å². The van der Waals surface area contributed by atoms with E-state index in [1.54, 1.807) is 12.1 Å². The van der Waals surface area contributed by atoms with Crippen LogP contribution in [0.1, 0.15) is 56.2 Å². The zero-order valence-corrected chi connectivity index (χ0v) is 36.9. The number of alkyl halides is 6. The maximum absolute atomic E-state index is 13.5. The van der Waals surface area contributed by atoms with Crippen LogP contribution in [0.2, 0.25) is 0 Å². The maximum atomic E-state index is 13.5. The van der Waals surface area contributed by atoms with Crippen molar-refractivity contribution in [1.82, 2.24) is 14.2 Å². The third-order valence-corrected chi connectivity index (χ3v) is 12.4. The quantitative estimate of drug-likeness (QED) is 0.0217. The van der Waals surface area contributed by atoms with Gasteiger partial charge >= 0.3 is 18.0 Å². The molecule has 20 heteroatoms. The molecule has 6 atom stereocenters. The molecule has 0 amide bonds. The van der Waals surface area contributed by atoms with Crippen molar-refractivity contribution in [2.24, 2.45) is 5.92 Å². The van der Waals surface area contributed by atoms with E-state index >= 15 is 0 Å². The van der Waals surface area contributed by atoms with E-state index in [1.165, 1.54) is 7.11 Å². The minimum Gasteiger partial charge on any atom is -0.497 e. The Balaban J connectivity index is 1.66. The number of halogens is 6. The summed E-state index contributed by atoms with van der Waals surface area (Å²) in [6.07, 6.45) is -15.9. The van der Waals surface area contributed by atoms with Gasteiger partial charge in [-0.1, -0.05) is 72.3 Å². The lowest BCUT2D eigenvalue weighted by molar-refractivity contribution is -0.299. The minimum absolute atomic E-state index is 0.0410. The predicted octanol–water partition coefficient (Wildman–Crippen LogP) is 8.53. The van der Waals surface area contributed by atoms with Gasteiger partial charge in [0.2, 0.25) is 6.54 Å². The number of methoxy groups -OCH3 is 1. The highest BCUT2D eigenvalue weighted by Gasteiger charge is 2.57. The predicted molar refractivity (Wildman–Crippen MR) is 224 cm³/mol. The fourth-order valence-corrected chi connectivity index (χ4v) is 9.06. The Morgan fingerprint density at radius 3 is 2.00 bits per heavy atom. The fraction of sp³-hybridized carbons (Fsp3) is 0.477. The second-order valence-electron chi connectivity index (χ2n) is 15.4. The Labute approximate surface area is 367 Å². The summed E-state index contributed by atoms with van der Waals surface area (Å²) in [7, 11) is -0.608. The molecule has 1 aromatic heterocycles. The molecule has 1 saturated heterocycles. The van der Waals surface area contributed by atoms with E-state index in [1.807, 2.05) is 106 Å². The lowest BCUT2D eigenvalue weighted by atomic mass is 9.79. The van der Waals surface area contributed by atoms with E-state index in [-0.39, 0.29) is 31.8 Å². The summed E-state index contributed by atoms with van der Waals surface area (Å²) in [6, 6.07) is 24.7. The van der Waals surface area contributed by atoms with Crippen LogP contribution < -0.4 is 16.0 Å². The standard InChI is InChI=1S/C44H51F6N4O9P/c1-28(2)54(29(3)4)64(61-24-22-51-6)63-38-35(62-40(53-23-21-37(55)52-41(53)56)39(38)59-27-58-26-36(43(45,46)47)44(48,49)50)25-60-42(31-11-9-8-10-12-31,32-15-13-30(5)14-16-32)33-17-19-34(57-7)20-18-33/h8-21,23,28-29,35-36,38-40H,22,24-27H2,1-5,7H3,(H,52,55,56)/t35-,38?,39+,40-,42?,64?/m1/s1. The first-order chi connectivity index (χ1) is 30.3. The second kappa shape index (κ2) is 22.0. The molecule has 1 N–H and O–H groups in total. The smallest absolute Gasteiger partial charge is 0.402 e. The maximum Gasteiger partial charge on any atom is 0.402 e. The SMILES string of the molecule is [C-]#[N+]CCOP(OC1[C@@H](COC(c2ccccc2)(c2ccc(C)cc2)c2ccc(OC)cc2)O[C@@H](n2ccc(=O)[nH]c2=O)[C@H]1OCOCC(C(F)(F)F)C(F)(F)F)N(C(C)C)C(C)C. The van der Waals surface area contributed by atoms with Crippen LogP contribution in [0.15, 0.2) is 101 Å². The topological polar surface area (TPSA) is 127 Å². The summed E-state index contributed by atoms with van der Waals surface area (Å²) in [6.45, 7) is 13.4. The van der Waals surface area contributed by atoms with Gasteiger partial charge in [-0.15, -0.1) is 0 Å². The third-order valence-electron chi connectivity index (χ3n) is 10.3. The first-order valence-corrected chi connectivity index (χ1v) is 21.4. The van der Waals surface area contributed by atoms with Gasteiger partial charge in [0.05, 0.1) is 20.3 Å². The monoisotopic (exact) mass is 924 g/mol. The summed E-state index contributed by atoms with van der Waals surface area (Å²) in [5.41, 5.74) is -0.109. The molecule has 0 radical (unpaired) electrons. The molecule has 13 nitrogen and oxygen atoms in total. The van der Waals surface area contributed by atoms with Crippen LogP contribution >= 0.6 is 8.53 Å². The van der Waals surface area contributed by atoms with E-state index in [9.17, 15) is 35.9 Å². The summed E-state index contributed by atoms with van der Waals surface area (Å²) >= 11 is 0. The molecule has 4 aromatic rings. The lowest BCUT2D eigenvalue weighted by Crippen LogP contribution is -2.44. The summed E-state index contributed by atoms with van der Waals surface area (Å²) in [5, 5.41) is 0. The normalized spacial score (nSPS) is 19.6. The number of hydrogen-bond donors (Lipinski definition) is 1. The molecule has 1 aliphatic rings. The van der Waals surface area contributed by atoms with Gasteiger partial charge in [-0.3, -0.25) is 14.3 Å². The number of aryl methyl sites for hydroxylation is 1. The van der Waals surface area contributed by atoms with Gasteiger partial charge in [0, 0.05) is 24.3 Å². The van der Waals surface area contributed by atoms with Crippen molar-refractivity contribution in [3.05, 3.63) is 146 Å². The molecular formula is C44H51F6N4O9P. The number of nitrogens with zero attached hydrogens (tertiary/aromatic N) is 3. The van der Waals surface area contributed by atoms with Crippen molar-refractivity contribution in [3.63, 3.8) is 0 Å². The van der Waals surface area contributed by atoms with Crippen LogP contribution in [-0.4, -0.2) is 97.2 Å². The number of H-pyrrole nitrogens is 1. The second-order valence-corrected chi connectivity index (χ2v) is 16.8. The number of nitrogens with one attached hydrogen (secondary N) is 1. The summed E-state index contributed by atoms with van der Waals surface area (Å²) in [5.74, 6) is -3.25. The van der Waals surface area contributed by atoms with Crippen molar-refractivity contribution >= 4 is 8.53 Å². The van der Waals surface area contributed by atoms with Crippen LogP contribution in [0.3, 0.4) is 0 Å². The highest BCUT2D eigenvalue weighted by Crippen LogP contribution is 2.51. The molecule has 2 heterocycles. The largest absolute Gasteiger partial charge is 0.497 e. The van der Waals surface area contributed by atoms with Crippen molar-refractivity contribution in [2.75, 3.05) is 40.3 Å². The van der Waals surface area contributed by atoms with Crippen molar-refractivity contribution in [3.8, 4) is 5.75 Å². The number of benzene rings is 3. The van der Waals surface area contributed by atoms with Crippen LogP contribution in [0.5, 0.6) is 5.75 Å². The Morgan fingerprint density at radius 2 is 1.45 bits per heavy atom. The molecule has 5 rings (SSSR count). The van der Waals surface area contributed by atoms with Gasteiger partial charge in [0.15, 0.2) is 12.1 Å². The van der Waals surface area contributed by atoms with E-state index in [4.69, 9.17) is 39.3 Å². The Kier molecular flexibility index (Phi) is 17.3. The number of hydrogen-bond acceptors (Lipinski definition) is 10. The number of ether oxygens (including phenoxy) is 5. The minimum atomic E-state index is -5.68. The van der Waals surface area contributed by atoms with Crippen molar-refractivity contribution in [2.45, 2.75) is 89.2 Å². The van der Waals surface area contributed by atoms with Gasteiger partial charge < -0.3 is 37.6 Å². The molecule has 0 saturated carbocycles. The number of aromatic nitrogens is 2. The molecule has 3 aromatic carbocycles. The van der Waals surface area contributed by atoms with Gasteiger partial charge in [0.1, 0.15) is 43.1 Å². The van der Waals surface area contributed by atoms with Crippen molar-refractivity contribution < 1.29 is 59.1 Å². The number of rotatable bonds is 21. The Bertz CT molecular complexity index is 2220. The van der Waals surface area contributed by atoms with Crippen LogP contribution in [-0.2, 0) is 33.6 Å². The van der Waals surface area contributed by atoms with Gasteiger partial charge in [-0.05, 0) is 63.4 Å². The summed E-state index contributed by atoms with van der Waals surface area (Å²) in [4.78, 5) is 31.2.